The van der Waals surface area contributed by atoms with Crippen LogP contribution in [0.25, 0.3) is 0 Å². The maximum Gasteiger partial charge on any atom is 0.246 e. The zero-order chi connectivity index (χ0) is 22.2. The number of nitrogens with zero attached hydrogens (tertiary/aromatic N) is 3. The number of piperazine rings is 1. The van der Waals surface area contributed by atoms with Gasteiger partial charge in [-0.15, -0.1) is 11.3 Å². The van der Waals surface area contributed by atoms with Crippen LogP contribution in [0.2, 0.25) is 0 Å². The Hall–Kier alpha value is -2.36. The van der Waals surface area contributed by atoms with Crippen LogP contribution < -0.4 is 4.90 Å². The molecule has 2 aromatic carbocycles. The highest BCUT2D eigenvalue weighted by molar-refractivity contribution is 7.89. The van der Waals surface area contributed by atoms with Gasteiger partial charge in [0.25, 0.3) is 0 Å². The van der Waals surface area contributed by atoms with E-state index in [2.05, 4.69) is 32.0 Å². The summed E-state index contributed by atoms with van der Waals surface area (Å²) in [5, 5.41) is 2.89. The standard InChI is InChI=1S/C22H23F2N3O2S2/c1-15-4-3-5-17(16(15)2)12-19-14-30-22(25-19)26-8-10-27(11-9-26)31(28,29)21-7-6-18(23)13-20(21)24/h3-7,13-14H,8-12H2,1-2H3. The van der Waals surface area contributed by atoms with Crippen molar-refractivity contribution in [3.05, 3.63) is 75.8 Å². The summed E-state index contributed by atoms with van der Waals surface area (Å²) in [5.41, 5.74) is 4.75. The van der Waals surface area contributed by atoms with E-state index in [1.165, 1.54) is 32.3 Å². The SMILES string of the molecule is Cc1cccc(Cc2csc(N3CCN(S(=O)(=O)c4ccc(F)cc4F)CC3)n2)c1C. The molecule has 1 aromatic heterocycles. The second-order valence-corrected chi connectivity index (χ2v) is 10.4. The fourth-order valence-electron chi connectivity index (χ4n) is 3.66. The quantitative estimate of drug-likeness (QED) is 0.571. The van der Waals surface area contributed by atoms with Crippen LogP contribution in [0.15, 0.2) is 46.7 Å². The Morgan fingerprint density at radius 1 is 1.06 bits per heavy atom. The Morgan fingerprint density at radius 3 is 2.52 bits per heavy atom. The van der Waals surface area contributed by atoms with E-state index < -0.39 is 26.6 Å². The highest BCUT2D eigenvalue weighted by Gasteiger charge is 2.31. The lowest BCUT2D eigenvalue weighted by Gasteiger charge is -2.33. The molecular formula is C22H23F2N3O2S2. The number of hydrogen-bond acceptors (Lipinski definition) is 5. The van der Waals surface area contributed by atoms with Crippen LogP contribution in [0.5, 0.6) is 0 Å². The number of thiazole rings is 1. The van der Waals surface area contributed by atoms with Crippen molar-refractivity contribution in [2.24, 2.45) is 0 Å². The zero-order valence-corrected chi connectivity index (χ0v) is 18.9. The van der Waals surface area contributed by atoms with E-state index in [9.17, 15) is 17.2 Å². The van der Waals surface area contributed by atoms with Crippen molar-refractivity contribution in [1.29, 1.82) is 0 Å². The number of rotatable bonds is 5. The van der Waals surface area contributed by atoms with E-state index in [1.54, 1.807) is 0 Å². The summed E-state index contributed by atoms with van der Waals surface area (Å²) in [5.74, 6) is -1.87. The highest BCUT2D eigenvalue weighted by atomic mass is 32.2. The van der Waals surface area contributed by atoms with Crippen molar-refractivity contribution in [2.45, 2.75) is 25.2 Å². The molecule has 1 aliphatic heterocycles. The van der Waals surface area contributed by atoms with Gasteiger partial charge >= 0.3 is 0 Å². The summed E-state index contributed by atoms with van der Waals surface area (Å²) in [7, 11) is -4.01. The number of aryl methyl sites for hydroxylation is 1. The van der Waals surface area contributed by atoms with Gasteiger partial charge in [0.1, 0.15) is 16.5 Å². The first kappa shape index (κ1) is 21.9. The van der Waals surface area contributed by atoms with Crippen LogP contribution in [0.1, 0.15) is 22.4 Å². The van der Waals surface area contributed by atoms with E-state index in [-0.39, 0.29) is 13.1 Å². The van der Waals surface area contributed by atoms with Gasteiger partial charge in [0, 0.05) is 44.0 Å². The molecule has 5 nitrogen and oxygen atoms in total. The van der Waals surface area contributed by atoms with Crippen LogP contribution >= 0.6 is 11.3 Å². The maximum atomic E-state index is 14.0. The maximum absolute atomic E-state index is 14.0. The number of benzene rings is 2. The van der Waals surface area contributed by atoms with Gasteiger partial charge in [-0.2, -0.15) is 4.31 Å². The van der Waals surface area contributed by atoms with Crippen molar-refractivity contribution >= 4 is 26.5 Å². The lowest BCUT2D eigenvalue weighted by Crippen LogP contribution is -2.48. The summed E-state index contributed by atoms with van der Waals surface area (Å²) < 4.78 is 53.9. The van der Waals surface area contributed by atoms with Gasteiger partial charge in [-0.1, -0.05) is 18.2 Å². The van der Waals surface area contributed by atoms with E-state index in [0.29, 0.717) is 19.2 Å². The second-order valence-electron chi connectivity index (χ2n) is 7.62. The number of halogens is 2. The molecule has 164 valence electrons. The molecule has 0 spiro atoms. The first-order valence-corrected chi connectivity index (χ1v) is 12.3. The molecule has 0 aliphatic carbocycles. The van der Waals surface area contributed by atoms with Gasteiger partial charge in [0.05, 0.1) is 5.69 Å². The molecule has 0 atom stereocenters. The molecule has 0 saturated carbocycles. The Morgan fingerprint density at radius 2 is 1.81 bits per heavy atom. The third-order valence-electron chi connectivity index (χ3n) is 5.65. The molecule has 0 amide bonds. The summed E-state index contributed by atoms with van der Waals surface area (Å²) >= 11 is 1.54. The average molecular weight is 464 g/mol. The molecule has 1 fully saturated rings. The number of hydrogen-bond donors (Lipinski definition) is 0. The molecule has 0 N–H and O–H groups in total. The van der Waals surface area contributed by atoms with Crippen molar-refractivity contribution in [3.8, 4) is 0 Å². The summed E-state index contributed by atoms with van der Waals surface area (Å²) in [6.45, 7) is 5.55. The Kier molecular flexibility index (Phi) is 6.09. The molecule has 4 rings (SSSR count). The minimum atomic E-state index is -4.01. The minimum Gasteiger partial charge on any atom is -0.345 e. The van der Waals surface area contributed by atoms with E-state index in [1.807, 2.05) is 10.3 Å². The average Bonchev–Trinajstić information content (AvgIpc) is 3.20. The van der Waals surface area contributed by atoms with Crippen LogP contribution in [-0.2, 0) is 16.4 Å². The van der Waals surface area contributed by atoms with Crippen LogP contribution in [0, 0.1) is 25.5 Å². The van der Waals surface area contributed by atoms with Gasteiger partial charge in [0.15, 0.2) is 5.13 Å². The molecule has 0 bridgehead atoms. The van der Waals surface area contributed by atoms with E-state index in [0.717, 1.165) is 29.4 Å². The second kappa shape index (κ2) is 8.64. The van der Waals surface area contributed by atoms with Gasteiger partial charge < -0.3 is 4.90 Å². The van der Waals surface area contributed by atoms with Crippen molar-refractivity contribution in [2.75, 3.05) is 31.1 Å². The number of anilines is 1. The van der Waals surface area contributed by atoms with Gasteiger partial charge in [0.2, 0.25) is 10.0 Å². The van der Waals surface area contributed by atoms with E-state index in [4.69, 9.17) is 4.98 Å². The Balaban J connectivity index is 1.43. The smallest absolute Gasteiger partial charge is 0.246 e. The molecule has 9 heteroatoms. The lowest BCUT2D eigenvalue weighted by atomic mass is 10.0. The summed E-state index contributed by atoms with van der Waals surface area (Å²) in [6.07, 6.45) is 0.752. The van der Waals surface area contributed by atoms with E-state index >= 15 is 0 Å². The molecule has 2 heterocycles. The number of sulfonamides is 1. The summed E-state index contributed by atoms with van der Waals surface area (Å²) in [4.78, 5) is 6.30. The molecule has 0 radical (unpaired) electrons. The van der Waals surface area contributed by atoms with Gasteiger partial charge in [-0.3, -0.25) is 0 Å². The molecule has 0 unspecified atom stereocenters. The first-order valence-electron chi connectivity index (χ1n) is 9.95. The highest BCUT2D eigenvalue weighted by Crippen LogP contribution is 2.27. The summed E-state index contributed by atoms with van der Waals surface area (Å²) in [6, 6.07) is 8.78. The predicted molar refractivity (Wildman–Crippen MR) is 118 cm³/mol. The van der Waals surface area contributed by atoms with Crippen LogP contribution in [-0.4, -0.2) is 43.9 Å². The van der Waals surface area contributed by atoms with Crippen molar-refractivity contribution in [3.63, 3.8) is 0 Å². The molecule has 1 saturated heterocycles. The first-order chi connectivity index (χ1) is 14.8. The normalized spacial score (nSPS) is 15.4. The van der Waals surface area contributed by atoms with Crippen LogP contribution in [0.4, 0.5) is 13.9 Å². The third-order valence-corrected chi connectivity index (χ3v) is 8.53. The largest absolute Gasteiger partial charge is 0.345 e. The molecular weight excluding hydrogens is 440 g/mol. The van der Waals surface area contributed by atoms with Crippen molar-refractivity contribution < 1.29 is 17.2 Å². The Labute approximate surface area is 185 Å². The molecule has 3 aromatic rings. The third kappa shape index (κ3) is 4.49. The minimum absolute atomic E-state index is 0.213. The zero-order valence-electron chi connectivity index (χ0n) is 17.3. The fraction of sp³-hybridized carbons (Fsp3) is 0.318. The molecule has 31 heavy (non-hydrogen) atoms. The predicted octanol–water partition coefficient (Wildman–Crippen LogP) is 4.14. The Bertz CT molecular complexity index is 1200. The monoisotopic (exact) mass is 463 g/mol. The fourth-order valence-corrected chi connectivity index (χ4v) is 6.01. The van der Waals surface area contributed by atoms with Gasteiger partial charge in [-0.25, -0.2) is 22.2 Å². The lowest BCUT2D eigenvalue weighted by molar-refractivity contribution is 0.382. The topological polar surface area (TPSA) is 53.5 Å². The van der Waals surface area contributed by atoms with Gasteiger partial charge in [-0.05, 0) is 42.7 Å². The molecule has 1 aliphatic rings. The van der Waals surface area contributed by atoms with Crippen molar-refractivity contribution in [1.82, 2.24) is 9.29 Å². The number of aromatic nitrogens is 1. The van der Waals surface area contributed by atoms with Crippen LogP contribution in [0.3, 0.4) is 0 Å².